The number of hydrogen-bond donors (Lipinski definition) is 0. The van der Waals surface area contributed by atoms with Gasteiger partial charge < -0.3 is 4.74 Å². The van der Waals surface area contributed by atoms with E-state index in [4.69, 9.17) is 4.74 Å². The Labute approximate surface area is 73.0 Å². The lowest BCUT2D eigenvalue weighted by atomic mass is 10.3. The smallest absolute Gasteiger partial charge is 0.126 e. The zero-order valence-electron chi connectivity index (χ0n) is 7.16. The highest BCUT2D eigenvalue weighted by Crippen LogP contribution is 2.05. The second-order valence-corrected chi connectivity index (χ2v) is 2.58. The van der Waals surface area contributed by atoms with Crippen LogP contribution in [0.15, 0.2) is 60.6 Å². The third-order valence-electron chi connectivity index (χ3n) is 1.30. The van der Waals surface area contributed by atoms with Gasteiger partial charge in [-0.05, 0) is 25.2 Å². The molecule has 0 radical (unpaired) electrons. The Kier molecular flexibility index (Phi) is 3.15. The summed E-state index contributed by atoms with van der Waals surface area (Å²) in [5.41, 5.74) is 1.01. The van der Waals surface area contributed by atoms with Crippen molar-refractivity contribution in [3.63, 3.8) is 0 Å². The molecule has 0 spiro atoms. The van der Waals surface area contributed by atoms with E-state index >= 15 is 0 Å². The number of rotatable bonds is 2. The molecule has 62 valence electrons. The molecular weight excluding hydrogens is 148 g/mol. The molecule has 12 heavy (non-hydrogen) atoms. The molecule has 0 saturated carbocycles. The lowest BCUT2D eigenvalue weighted by molar-refractivity contribution is 0.369. The fraction of sp³-hybridized carbons (Fsp3) is 0.0909. The van der Waals surface area contributed by atoms with Crippen LogP contribution in [0.5, 0.6) is 0 Å². The van der Waals surface area contributed by atoms with Gasteiger partial charge in [-0.1, -0.05) is 30.4 Å². The van der Waals surface area contributed by atoms with Crippen LogP contribution in [0.4, 0.5) is 0 Å². The van der Waals surface area contributed by atoms with Crippen molar-refractivity contribution < 1.29 is 4.74 Å². The van der Waals surface area contributed by atoms with Gasteiger partial charge in [0.15, 0.2) is 0 Å². The summed E-state index contributed by atoms with van der Waals surface area (Å²) < 4.78 is 5.24. The fourth-order valence-corrected chi connectivity index (χ4v) is 0.736. The van der Waals surface area contributed by atoms with Crippen molar-refractivity contribution >= 4 is 0 Å². The molecule has 0 N–H and O–H groups in total. The van der Waals surface area contributed by atoms with E-state index in [1.807, 2.05) is 43.4 Å². The maximum Gasteiger partial charge on any atom is 0.126 e. The maximum atomic E-state index is 5.24. The van der Waals surface area contributed by atoms with E-state index in [1.165, 1.54) is 0 Å². The molecule has 0 atom stereocenters. The van der Waals surface area contributed by atoms with Gasteiger partial charge in [-0.2, -0.15) is 0 Å². The van der Waals surface area contributed by atoms with Gasteiger partial charge in [-0.25, -0.2) is 0 Å². The Morgan fingerprint density at radius 1 is 1.42 bits per heavy atom. The van der Waals surface area contributed by atoms with Crippen molar-refractivity contribution in [2.75, 3.05) is 0 Å². The highest BCUT2D eigenvalue weighted by Gasteiger charge is 1.89. The molecule has 0 unspecified atom stereocenters. The first-order valence-electron chi connectivity index (χ1n) is 3.83. The summed E-state index contributed by atoms with van der Waals surface area (Å²) >= 11 is 0. The van der Waals surface area contributed by atoms with Crippen molar-refractivity contribution in [3.8, 4) is 0 Å². The fourth-order valence-electron chi connectivity index (χ4n) is 0.736. The lowest BCUT2D eigenvalue weighted by Gasteiger charge is -1.97. The first kappa shape index (κ1) is 8.60. The summed E-state index contributed by atoms with van der Waals surface area (Å²) in [5, 5.41) is 0. The minimum atomic E-state index is 0.822. The van der Waals surface area contributed by atoms with Crippen molar-refractivity contribution in [3.05, 3.63) is 60.6 Å². The molecule has 1 aliphatic rings. The summed E-state index contributed by atoms with van der Waals surface area (Å²) in [6.07, 6.45) is 13.1. The zero-order valence-corrected chi connectivity index (χ0v) is 7.16. The quantitative estimate of drug-likeness (QED) is 0.564. The third-order valence-corrected chi connectivity index (χ3v) is 1.30. The molecule has 0 aromatic heterocycles. The Morgan fingerprint density at radius 2 is 2.25 bits per heavy atom. The van der Waals surface area contributed by atoms with Crippen LogP contribution in [0.2, 0.25) is 0 Å². The largest absolute Gasteiger partial charge is 0.465 e. The first-order valence-corrected chi connectivity index (χ1v) is 3.83. The minimum absolute atomic E-state index is 0.822. The highest BCUT2D eigenvalue weighted by atomic mass is 16.5. The molecule has 0 aromatic rings. The molecule has 0 bridgehead atoms. The van der Waals surface area contributed by atoms with E-state index in [9.17, 15) is 0 Å². The van der Waals surface area contributed by atoms with Gasteiger partial charge in [-0.3, -0.25) is 0 Å². The van der Waals surface area contributed by atoms with Crippen molar-refractivity contribution in [1.82, 2.24) is 0 Å². The number of allylic oxidation sites excluding steroid dienone is 7. The molecule has 1 aliphatic heterocycles. The predicted octanol–water partition coefficient (Wildman–Crippen LogP) is 3.10. The van der Waals surface area contributed by atoms with Crippen LogP contribution in [0.3, 0.4) is 0 Å². The lowest BCUT2D eigenvalue weighted by Crippen LogP contribution is -1.78. The van der Waals surface area contributed by atoms with E-state index in [0.29, 0.717) is 0 Å². The van der Waals surface area contributed by atoms with E-state index in [2.05, 4.69) is 6.58 Å². The molecular formula is C11H12O. The van der Waals surface area contributed by atoms with Crippen LogP contribution >= 0.6 is 0 Å². The summed E-state index contributed by atoms with van der Waals surface area (Å²) in [6.45, 7) is 5.70. The summed E-state index contributed by atoms with van der Waals surface area (Å²) in [6, 6.07) is 0. The maximum absolute atomic E-state index is 5.24. The first-order chi connectivity index (χ1) is 5.79. The molecule has 0 amide bonds. The third kappa shape index (κ3) is 3.06. The predicted molar refractivity (Wildman–Crippen MR) is 51.4 cm³/mol. The molecule has 0 saturated heterocycles. The second kappa shape index (κ2) is 4.39. The van der Waals surface area contributed by atoms with Gasteiger partial charge in [0, 0.05) is 0 Å². The van der Waals surface area contributed by atoms with Crippen LogP contribution in [-0.2, 0) is 4.74 Å². The van der Waals surface area contributed by atoms with E-state index in [0.717, 1.165) is 11.3 Å². The molecule has 1 nitrogen and oxygen atoms in total. The van der Waals surface area contributed by atoms with Crippen molar-refractivity contribution in [1.29, 1.82) is 0 Å². The van der Waals surface area contributed by atoms with Crippen LogP contribution in [-0.4, -0.2) is 0 Å². The Bertz CT molecular complexity index is 277. The monoisotopic (exact) mass is 160 g/mol. The van der Waals surface area contributed by atoms with Crippen LogP contribution in [0.25, 0.3) is 0 Å². The van der Waals surface area contributed by atoms with Crippen LogP contribution in [0.1, 0.15) is 6.92 Å². The van der Waals surface area contributed by atoms with Crippen molar-refractivity contribution in [2.45, 2.75) is 6.92 Å². The highest BCUT2D eigenvalue weighted by molar-refractivity contribution is 5.27. The second-order valence-electron chi connectivity index (χ2n) is 2.58. The van der Waals surface area contributed by atoms with E-state index < -0.39 is 0 Å². The van der Waals surface area contributed by atoms with Gasteiger partial charge in [0.1, 0.15) is 5.76 Å². The van der Waals surface area contributed by atoms with Gasteiger partial charge >= 0.3 is 0 Å². The molecule has 1 rings (SSSR count). The summed E-state index contributed by atoms with van der Waals surface area (Å²) in [4.78, 5) is 0. The number of hydrogen-bond acceptors (Lipinski definition) is 1. The van der Waals surface area contributed by atoms with E-state index in [1.54, 1.807) is 6.26 Å². The Balaban J connectivity index is 2.63. The average Bonchev–Trinajstić information content (AvgIpc) is 2.28. The minimum Gasteiger partial charge on any atom is -0.465 e. The molecule has 0 fully saturated rings. The molecule has 1 heterocycles. The Morgan fingerprint density at radius 3 is 3.00 bits per heavy atom. The normalized spacial score (nSPS) is 15.6. The molecule has 1 heteroatoms. The number of ether oxygens (including phenoxy) is 1. The van der Waals surface area contributed by atoms with Gasteiger partial charge in [0.05, 0.1) is 6.26 Å². The SMILES string of the molecule is C=C(C)C=CC1=CC=CC=CO1. The van der Waals surface area contributed by atoms with Crippen LogP contribution < -0.4 is 0 Å². The van der Waals surface area contributed by atoms with E-state index in [-0.39, 0.29) is 0 Å². The summed E-state index contributed by atoms with van der Waals surface area (Å²) in [7, 11) is 0. The molecule has 0 aromatic carbocycles. The van der Waals surface area contributed by atoms with Gasteiger partial charge in [-0.15, -0.1) is 0 Å². The molecule has 0 aliphatic carbocycles. The topological polar surface area (TPSA) is 9.23 Å². The average molecular weight is 160 g/mol. The Hall–Kier alpha value is -1.50. The van der Waals surface area contributed by atoms with Gasteiger partial charge in [0.2, 0.25) is 0 Å². The van der Waals surface area contributed by atoms with Crippen molar-refractivity contribution in [2.24, 2.45) is 0 Å². The van der Waals surface area contributed by atoms with Crippen LogP contribution in [0, 0.1) is 0 Å². The zero-order chi connectivity index (χ0) is 8.81. The summed E-state index contributed by atoms with van der Waals surface area (Å²) in [5.74, 6) is 0.822. The van der Waals surface area contributed by atoms with Gasteiger partial charge in [0.25, 0.3) is 0 Å². The standard InChI is InChI=1S/C11H12O/c1-10(2)7-8-11-6-4-3-5-9-12-11/h3-9H,1H2,2H3.